The lowest BCUT2D eigenvalue weighted by Crippen LogP contribution is -1.92. The quantitative estimate of drug-likeness (QED) is 0.622. The van der Waals surface area contributed by atoms with Crippen LogP contribution in [0, 0.1) is 22.7 Å². The van der Waals surface area contributed by atoms with Crippen molar-refractivity contribution in [3.8, 4) is 23.6 Å². The largest absolute Gasteiger partial charge is 0.454 e. The first-order valence-electron chi connectivity index (χ1n) is 6.32. The lowest BCUT2D eigenvalue weighted by atomic mass is 10.0. The van der Waals surface area contributed by atoms with Gasteiger partial charge in [0.15, 0.2) is 11.5 Å². The summed E-state index contributed by atoms with van der Waals surface area (Å²) < 4.78 is 10.6. The van der Waals surface area contributed by atoms with Crippen molar-refractivity contribution in [2.24, 2.45) is 0 Å². The number of hydrogen-bond donors (Lipinski definition) is 0. The molecule has 0 spiro atoms. The molecular formula is C17H10N2O2. The van der Waals surface area contributed by atoms with Gasteiger partial charge in [0.2, 0.25) is 6.79 Å². The molecule has 0 unspecified atom stereocenters. The summed E-state index contributed by atoms with van der Waals surface area (Å²) in [6.45, 7) is 0.208. The third kappa shape index (κ3) is 2.56. The van der Waals surface area contributed by atoms with Crippen LogP contribution >= 0.6 is 0 Å². The minimum Gasteiger partial charge on any atom is -0.454 e. The van der Waals surface area contributed by atoms with Gasteiger partial charge in [-0.3, -0.25) is 0 Å². The number of nitriles is 2. The van der Waals surface area contributed by atoms with E-state index in [0.717, 1.165) is 11.1 Å². The van der Waals surface area contributed by atoms with Crippen LogP contribution in [0.5, 0.6) is 11.5 Å². The molecule has 0 saturated heterocycles. The van der Waals surface area contributed by atoms with Crippen LogP contribution in [0.2, 0.25) is 0 Å². The molecule has 0 saturated carbocycles. The molecule has 2 aromatic rings. The molecule has 0 aliphatic carbocycles. The number of allylic oxidation sites excluding steroid dienone is 1. The Morgan fingerprint density at radius 1 is 1.00 bits per heavy atom. The highest BCUT2D eigenvalue weighted by Crippen LogP contribution is 2.34. The van der Waals surface area contributed by atoms with Crippen molar-refractivity contribution in [2.75, 3.05) is 6.79 Å². The summed E-state index contributed by atoms with van der Waals surface area (Å²) in [7, 11) is 0. The van der Waals surface area contributed by atoms with E-state index in [1.165, 1.54) is 0 Å². The fourth-order valence-electron chi connectivity index (χ4n) is 2.06. The van der Waals surface area contributed by atoms with E-state index in [-0.39, 0.29) is 6.79 Å². The maximum atomic E-state index is 9.35. The molecule has 0 N–H and O–H groups in total. The Labute approximate surface area is 122 Å². The monoisotopic (exact) mass is 274 g/mol. The Morgan fingerprint density at radius 2 is 1.76 bits per heavy atom. The first-order valence-corrected chi connectivity index (χ1v) is 6.32. The Bertz CT molecular complexity index is 793. The molecule has 3 rings (SSSR count). The van der Waals surface area contributed by atoms with Crippen LogP contribution < -0.4 is 9.47 Å². The van der Waals surface area contributed by atoms with E-state index in [0.29, 0.717) is 22.6 Å². The molecular weight excluding hydrogens is 264 g/mol. The van der Waals surface area contributed by atoms with Gasteiger partial charge >= 0.3 is 0 Å². The van der Waals surface area contributed by atoms with E-state index in [9.17, 15) is 5.26 Å². The SMILES string of the molecule is N#C/C(=C/c1ccc(C#N)cc1)c1ccc2c(c1)OCO2. The Morgan fingerprint density at radius 3 is 2.48 bits per heavy atom. The van der Waals surface area contributed by atoms with Crippen LogP contribution in [0.25, 0.3) is 11.6 Å². The predicted octanol–water partition coefficient (Wildman–Crippen LogP) is 3.35. The zero-order chi connectivity index (χ0) is 14.7. The summed E-state index contributed by atoms with van der Waals surface area (Å²) in [6, 6.07) is 16.7. The summed E-state index contributed by atoms with van der Waals surface area (Å²) in [6.07, 6.45) is 1.78. The van der Waals surface area contributed by atoms with Crippen molar-refractivity contribution in [3.63, 3.8) is 0 Å². The van der Waals surface area contributed by atoms with E-state index < -0.39 is 0 Å². The molecule has 0 atom stereocenters. The third-order valence-corrected chi connectivity index (χ3v) is 3.15. The van der Waals surface area contributed by atoms with Gasteiger partial charge in [-0.1, -0.05) is 12.1 Å². The van der Waals surface area contributed by atoms with E-state index in [4.69, 9.17) is 14.7 Å². The lowest BCUT2D eigenvalue weighted by molar-refractivity contribution is 0.174. The topological polar surface area (TPSA) is 66.0 Å². The Hall–Kier alpha value is -3.24. The Kier molecular flexibility index (Phi) is 3.29. The van der Waals surface area contributed by atoms with Gasteiger partial charge in [-0.15, -0.1) is 0 Å². The fourth-order valence-corrected chi connectivity index (χ4v) is 2.06. The van der Waals surface area contributed by atoms with Gasteiger partial charge in [-0.2, -0.15) is 10.5 Å². The van der Waals surface area contributed by atoms with Crippen LogP contribution in [0.3, 0.4) is 0 Å². The van der Waals surface area contributed by atoms with Crippen molar-refractivity contribution in [1.82, 2.24) is 0 Å². The summed E-state index contributed by atoms with van der Waals surface area (Å²) in [5, 5.41) is 18.1. The van der Waals surface area contributed by atoms with Crippen LogP contribution in [0.15, 0.2) is 42.5 Å². The smallest absolute Gasteiger partial charge is 0.231 e. The molecule has 0 bridgehead atoms. The number of ether oxygens (including phenoxy) is 2. The van der Waals surface area contributed by atoms with Crippen LogP contribution in [0.4, 0.5) is 0 Å². The fraction of sp³-hybridized carbons (Fsp3) is 0.0588. The van der Waals surface area contributed by atoms with Crippen molar-refractivity contribution >= 4 is 11.6 Å². The van der Waals surface area contributed by atoms with Gasteiger partial charge in [-0.25, -0.2) is 0 Å². The average Bonchev–Trinajstić information content (AvgIpc) is 3.00. The van der Waals surface area contributed by atoms with Gasteiger partial charge in [0.25, 0.3) is 0 Å². The Balaban J connectivity index is 1.96. The third-order valence-electron chi connectivity index (χ3n) is 3.15. The molecule has 0 fully saturated rings. The van der Waals surface area contributed by atoms with E-state index in [2.05, 4.69) is 12.1 Å². The minimum atomic E-state index is 0.208. The molecule has 100 valence electrons. The number of benzene rings is 2. The average molecular weight is 274 g/mol. The predicted molar refractivity (Wildman–Crippen MR) is 77.2 cm³/mol. The number of rotatable bonds is 2. The maximum Gasteiger partial charge on any atom is 0.231 e. The van der Waals surface area contributed by atoms with Crippen molar-refractivity contribution in [3.05, 3.63) is 59.2 Å². The van der Waals surface area contributed by atoms with Crippen LogP contribution in [-0.4, -0.2) is 6.79 Å². The molecule has 1 heterocycles. The molecule has 4 nitrogen and oxygen atoms in total. The summed E-state index contributed by atoms with van der Waals surface area (Å²) in [5.74, 6) is 1.34. The van der Waals surface area contributed by atoms with Crippen LogP contribution in [-0.2, 0) is 0 Å². The van der Waals surface area contributed by atoms with E-state index in [1.807, 2.05) is 18.2 Å². The molecule has 4 heteroatoms. The van der Waals surface area contributed by atoms with Gasteiger partial charge in [0.05, 0.1) is 23.3 Å². The van der Waals surface area contributed by atoms with Gasteiger partial charge < -0.3 is 9.47 Å². The number of hydrogen-bond acceptors (Lipinski definition) is 4. The van der Waals surface area contributed by atoms with Crippen molar-refractivity contribution in [2.45, 2.75) is 0 Å². The zero-order valence-corrected chi connectivity index (χ0v) is 11.0. The molecule has 0 aromatic heterocycles. The molecule has 0 amide bonds. The molecule has 0 radical (unpaired) electrons. The van der Waals surface area contributed by atoms with Crippen molar-refractivity contribution in [1.29, 1.82) is 10.5 Å². The summed E-state index contributed by atoms with van der Waals surface area (Å²) in [5.41, 5.74) is 2.75. The maximum absolute atomic E-state index is 9.35. The number of fused-ring (bicyclic) bond motifs is 1. The van der Waals surface area contributed by atoms with Crippen molar-refractivity contribution < 1.29 is 9.47 Å². The molecule has 1 aliphatic heterocycles. The molecule has 2 aromatic carbocycles. The van der Waals surface area contributed by atoms with E-state index in [1.54, 1.807) is 30.3 Å². The highest BCUT2D eigenvalue weighted by Gasteiger charge is 2.14. The van der Waals surface area contributed by atoms with Gasteiger partial charge in [0, 0.05) is 0 Å². The standard InChI is InChI=1S/C17H10N2O2/c18-9-13-3-1-12(2-4-13)7-15(10-19)14-5-6-16-17(8-14)21-11-20-16/h1-8H,11H2/b15-7-. The highest BCUT2D eigenvalue weighted by molar-refractivity contribution is 5.90. The second kappa shape index (κ2) is 5.40. The summed E-state index contributed by atoms with van der Waals surface area (Å²) >= 11 is 0. The highest BCUT2D eigenvalue weighted by atomic mass is 16.7. The second-order valence-corrected chi connectivity index (χ2v) is 4.47. The summed E-state index contributed by atoms with van der Waals surface area (Å²) in [4.78, 5) is 0. The van der Waals surface area contributed by atoms with Gasteiger partial charge in [-0.05, 0) is 47.5 Å². The second-order valence-electron chi connectivity index (χ2n) is 4.47. The molecule has 1 aliphatic rings. The first kappa shape index (κ1) is 12.8. The van der Waals surface area contributed by atoms with E-state index >= 15 is 0 Å². The van der Waals surface area contributed by atoms with Crippen LogP contribution in [0.1, 0.15) is 16.7 Å². The van der Waals surface area contributed by atoms with Gasteiger partial charge in [0.1, 0.15) is 0 Å². The first-order chi connectivity index (χ1) is 10.3. The number of nitrogens with zero attached hydrogens (tertiary/aromatic N) is 2. The minimum absolute atomic E-state index is 0.208. The molecule has 21 heavy (non-hydrogen) atoms. The normalized spacial score (nSPS) is 12.6. The zero-order valence-electron chi connectivity index (χ0n) is 11.0. The lowest BCUT2D eigenvalue weighted by Gasteiger charge is -2.02.